The first kappa shape index (κ1) is 17.3. The summed E-state index contributed by atoms with van der Waals surface area (Å²) in [7, 11) is 0. The monoisotopic (exact) mass is 349 g/mol. The van der Waals surface area contributed by atoms with Crippen molar-refractivity contribution in [2.45, 2.75) is 38.1 Å². The molecule has 0 N–H and O–H groups in total. The number of fused-ring (bicyclic) bond motifs is 1. The quantitative estimate of drug-likeness (QED) is 0.829. The van der Waals surface area contributed by atoms with E-state index in [2.05, 4.69) is 53.4 Å². The van der Waals surface area contributed by atoms with Gasteiger partial charge in [-0.25, -0.2) is 0 Å². The summed E-state index contributed by atoms with van der Waals surface area (Å²) in [6.07, 6.45) is 4.64. The molecule has 2 aliphatic rings. The number of carbonyl (C=O) groups excluding carboxylic acids is 1. The molecule has 0 bridgehead atoms. The number of ether oxygens (including phenoxy) is 1. The van der Waals surface area contributed by atoms with Gasteiger partial charge >= 0.3 is 0 Å². The predicted molar refractivity (Wildman–Crippen MR) is 103 cm³/mol. The van der Waals surface area contributed by atoms with Gasteiger partial charge in [0.1, 0.15) is 0 Å². The molecule has 26 heavy (non-hydrogen) atoms. The fourth-order valence-electron chi connectivity index (χ4n) is 4.34. The van der Waals surface area contributed by atoms with Crippen LogP contribution in [0.15, 0.2) is 54.6 Å². The van der Waals surface area contributed by atoms with E-state index in [4.69, 9.17) is 4.74 Å². The van der Waals surface area contributed by atoms with Crippen molar-refractivity contribution < 1.29 is 9.53 Å². The van der Waals surface area contributed by atoms with Gasteiger partial charge < -0.3 is 9.64 Å². The summed E-state index contributed by atoms with van der Waals surface area (Å²) >= 11 is 0. The van der Waals surface area contributed by atoms with Gasteiger partial charge in [0, 0.05) is 26.2 Å². The Kier molecular flexibility index (Phi) is 5.35. The zero-order valence-corrected chi connectivity index (χ0v) is 15.3. The second-order valence-electron chi connectivity index (χ2n) is 7.53. The summed E-state index contributed by atoms with van der Waals surface area (Å²) in [4.78, 5) is 15.3. The van der Waals surface area contributed by atoms with Crippen LogP contribution in [0.1, 0.15) is 42.0 Å². The summed E-state index contributed by atoms with van der Waals surface area (Å²) < 4.78 is 5.58. The Bertz CT molecular complexity index is 737. The van der Waals surface area contributed by atoms with Gasteiger partial charge in [0.2, 0.25) is 5.91 Å². The minimum Gasteiger partial charge on any atom is -0.381 e. The molecular formula is C23H27NO2. The van der Waals surface area contributed by atoms with Crippen molar-refractivity contribution in [2.24, 2.45) is 5.92 Å². The molecular weight excluding hydrogens is 322 g/mol. The molecule has 0 unspecified atom stereocenters. The van der Waals surface area contributed by atoms with E-state index in [1.54, 1.807) is 0 Å². The van der Waals surface area contributed by atoms with Gasteiger partial charge in [0.15, 0.2) is 0 Å². The Balaban J connectivity index is 1.56. The molecule has 2 atom stereocenters. The SMILES string of the molecule is O=C(C[C@H]1CCCOC1)N1CCc2ccccc2[C@@H]1Cc1ccccc1. The van der Waals surface area contributed by atoms with Crippen molar-refractivity contribution in [1.29, 1.82) is 0 Å². The van der Waals surface area contributed by atoms with Crippen LogP contribution in [0.2, 0.25) is 0 Å². The highest BCUT2D eigenvalue weighted by molar-refractivity contribution is 5.77. The van der Waals surface area contributed by atoms with Crippen molar-refractivity contribution in [3.63, 3.8) is 0 Å². The fraction of sp³-hybridized carbons (Fsp3) is 0.435. The highest BCUT2D eigenvalue weighted by atomic mass is 16.5. The Labute approximate surface area is 156 Å². The summed E-state index contributed by atoms with van der Waals surface area (Å²) in [6, 6.07) is 19.3. The van der Waals surface area contributed by atoms with E-state index >= 15 is 0 Å². The van der Waals surface area contributed by atoms with Gasteiger partial charge in [-0.05, 0) is 48.3 Å². The van der Waals surface area contributed by atoms with Crippen LogP contribution in [0.5, 0.6) is 0 Å². The third kappa shape index (κ3) is 3.83. The van der Waals surface area contributed by atoms with Crippen molar-refractivity contribution >= 4 is 5.91 Å². The smallest absolute Gasteiger partial charge is 0.223 e. The second kappa shape index (κ2) is 8.05. The predicted octanol–water partition coefficient (Wildman–Crippen LogP) is 4.17. The van der Waals surface area contributed by atoms with Gasteiger partial charge in [-0.15, -0.1) is 0 Å². The van der Waals surface area contributed by atoms with E-state index < -0.39 is 0 Å². The van der Waals surface area contributed by atoms with Crippen LogP contribution in [-0.4, -0.2) is 30.6 Å². The van der Waals surface area contributed by atoms with Crippen LogP contribution in [0, 0.1) is 5.92 Å². The molecule has 2 aromatic rings. The summed E-state index contributed by atoms with van der Waals surface area (Å²) in [5.74, 6) is 0.668. The Morgan fingerprint density at radius 3 is 2.69 bits per heavy atom. The van der Waals surface area contributed by atoms with Gasteiger partial charge in [-0.2, -0.15) is 0 Å². The standard InChI is InChI=1S/C23H27NO2/c25-23(16-19-9-6-14-26-17-19)24-13-12-20-10-4-5-11-21(20)22(24)15-18-7-2-1-3-8-18/h1-5,7-8,10-11,19,22H,6,9,12-17H2/t19-,22+/m1/s1. The molecule has 0 spiro atoms. The van der Waals surface area contributed by atoms with Gasteiger partial charge in [0.05, 0.1) is 6.04 Å². The van der Waals surface area contributed by atoms with Crippen LogP contribution in [0.25, 0.3) is 0 Å². The fourth-order valence-corrected chi connectivity index (χ4v) is 4.34. The van der Waals surface area contributed by atoms with Crippen LogP contribution < -0.4 is 0 Å². The molecule has 0 saturated carbocycles. The zero-order valence-electron chi connectivity index (χ0n) is 15.3. The largest absolute Gasteiger partial charge is 0.381 e. The average Bonchev–Trinajstić information content (AvgIpc) is 2.70. The number of hydrogen-bond donors (Lipinski definition) is 0. The van der Waals surface area contributed by atoms with Crippen LogP contribution in [-0.2, 0) is 22.4 Å². The molecule has 0 aliphatic carbocycles. The Morgan fingerprint density at radius 2 is 1.88 bits per heavy atom. The molecule has 3 nitrogen and oxygen atoms in total. The van der Waals surface area contributed by atoms with E-state index in [1.165, 1.54) is 16.7 Å². The second-order valence-corrected chi connectivity index (χ2v) is 7.53. The lowest BCUT2D eigenvalue weighted by Gasteiger charge is -2.38. The average molecular weight is 349 g/mol. The molecule has 4 rings (SSSR count). The van der Waals surface area contributed by atoms with E-state index in [1.807, 2.05) is 6.07 Å². The minimum absolute atomic E-state index is 0.138. The van der Waals surface area contributed by atoms with E-state index in [9.17, 15) is 4.79 Å². The number of benzene rings is 2. The third-order valence-electron chi connectivity index (χ3n) is 5.72. The number of rotatable bonds is 4. The summed E-state index contributed by atoms with van der Waals surface area (Å²) in [5.41, 5.74) is 3.99. The van der Waals surface area contributed by atoms with Crippen molar-refractivity contribution in [3.8, 4) is 0 Å². The maximum absolute atomic E-state index is 13.1. The Morgan fingerprint density at radius 1 is 1.08 bits per heavy atom. The normalized spacial score (nSPS) is 22.7. The minimum atomic E-state index is 0.138. The maximum atomic E-state index is 13.1. The van der Waals surface area contributed by atoms with E-state index in [0.29, 0.717) is 12.3 Å². The van der Waals surface area contributed by atoms with E-state index in [0.717, 1.165) is 45.4 Å². The van der Waals surface area contributed by atoms with Crippen molar-refractivity contribution in [3.05, 3.63) is 71.3 Å². The molecule has 0 aromatic heterocycles. The molecule has 1 saturated heterocycles. The lowest BCUT2D eigenvalue weighted by atomic mass is 9.87. The van der Waals surface area contributed by atoms with Crippen LogP contribution >= 0.6 is 0 Å². The highest BCUT2D eigenvalue weighted by Crippen LogP contribution is 2.33. The zero-order chi connectivity index (χ0) is 17.8. The van der Waals surface area contributed by atoms with E-state index in [-0.39, 0.29) is 11.9 Å². The number of carbonyl (C=O) groups is 1. The third-order valence-corrected chi connectivity index (χ3v) is 5.72. The molecule has 1 amide bonds. The molecule has 1 fully saturated rings. The van der Waals surface area contributed by atoms with Crippen molar-refractivity contribution in [1.82, 2.24) is 4.90 Å². The summed E-state index contributed by atoms with van der Waals surface area (Å²) in [5, 5.41) is 0. The lowest BCUT2D eigenvalue weighted by Crippen LogP contribution is -2.42. The molecule has 2 heterocycles. The molecule has 2 aromatic carbocycles. The molecule has 2 aliphatic heterocycles. The first-order chi connectivity index (χ1) is 12.8. The topological polar surface area (TPSA) is 29.5 Å². The van der Waals surface area contributed by atoms with Crippen molar-refractivity contribution in [2.75, 3.05) is 19.8 Å². The first-order valence-corrected chi connectivity index (χ1v) is 9.80. The van der Waals surface area contributed by atoms with Crippen LogP contribution in [0.3, 0.4) is 0 Å². The maximum Gasteiger partial charge on any atom is 0.223 e. The molecule has 136 valence electrons. The van der Waals surface area contributed by atoms with Gasteiger partial charge in [-0.1, -0.05) is 54.6 Å². The molecule has 3 heteroatoms. The van der Waals surface area contributed by atoms with Gasteiger partial charge in [-0.3, -0.25) is 4.79 Å². The van der Waals surface area contributed by atoms with Gasteiger partial charge in [0.25, 0.3) is 0 Å². The molecule has 0 radical (unpaired) electrons. The number of amides is 1. The first-order valence-electron chi connectivity index (χ1n) is 9.80. The lowest BCUT2D eigenvalue weighted by molar-refractivity contribution is -0.136. The summed E-state index contributed by atoms with van der Waals surface area (Å²) in [6.45, 7) is 2.40. The van der Waals surface area contributed by atoms with Crippen LogP contribution in [0.4, 0.5) is 0 Å². The number of hydrogen-bond acceptors (Lipinski definition) is 2. The highest BCUT2D eigenvalue weighted by Gasteiger charge is 2.32. The Hall–Kier alpha value is -2.13. The number of nitrogens with zero attached hydrogens (tertiary/aromatic N) is 1.